The maximum absolute atomic E-state index is 12.1. The Balaban J connectivity index is 1.74. The molecule has 0 aromatic heterocycles. The van der Waals surface area contributed by atoms with Gasteiger partial charge in [-0.05, 0) is 119 Å². The Kier molecular flexibility index (Phi) is 15.9. The maximum Gasteiger partial charge on any atom is 0.495 e. The molecule has 2 saturated heterocycles. The number of nitro groups is 1. The van der Waals surface area contributed by atoms with Gasteiger partial charge in [0.1, 0.15) is 5.69 Å². The Hall–Kier alpha value is -1.10. The van der Waals surface area contributed by atoms with Gasteiger partial charge < -0.3 is 27.9 Å². The van der Waals surface area contributed by atoms with Crippen molar-refractivity contribution in [1.82, 2.24) is 4.90 Å². The molecule has 0 spiro atoms. The molecular formula is C43H84BN3O7Si3. The van der Waals surface area contributed by atoms with Crippen LogP contribution in [0.1, 0.15) is 123 Å². The first-order valence-electron chi connectivity index (χ1n) is 21.8. The van der Waals surface area contributed by atoms with Gasteiger partial charge >= 0.3 is 7.12 Å². The largest absolute Gasteiger partial charge is 0.495 e. The second-order valence-electron chi connectivity index (χ2n) is 22.8. The van der Waals surface area contributed by atoms with Gasteiger partial charge in [0.05, 0.1) is 41.0 Å². The summed E-state index contributed by atoms with van der Waals surface area (Å²) in [5.74, 6) is 0.314. The SMILES string of the molecule is C[C@H]1CN(CCCCCCNc2ccc(B3OC(C)(C)C(C)(C)O3)cc2[N+](=O)[O-])[C@H](CO[Si](C)(C)C(C)(C)C)[C@@H](O[Si](C)(C)C(C)(C)C)[C@@H]1O[Si](C)(C)C(C)(C)C. The van der Waals surface area contributed by atoms with Crippen LogP contribution in [-0.4, -0.2) is 97.6 Å². The summed E-state index contributed by atoms with van der Waals surface area (Å²) in [6.07, 6.45) is 4.01. The van der Waals surface area contributed by atoms with E-state index in [-0.39, 0.29) is 44.0 Å². The molecular weight excluding hydrogens is 766 g/mol. The number of unbranched alkanes of at least 4 members (excludes halogenated alkanes) is 3. The first-order chi connectivity index (χ1) is 25.6. The van der Waals surface area contributed by atoms with Gasteiger partial charge in [0.15, 0.2) is 25.0 Å². The van der Waals surface area contributed by atoms with Crippen molar-refractivity contribution >= 4 is 48.9 Å². The average molecular weight is 850 g/mol. The molecule has 1 N–H and O–H groups in total. The fourth-order valence-electron chi connectivity index (χ4n) is 6.68. The highest BCUT2D eigenvalue weighted by atomic mass is 28.4. The monoisotopic (exact) mass is 850 g/mol. The van der Waals surface area contributed by atoms with Gasteiger partial charge in [-0.2, -0.15) is 0 Å². The Labute approximate surface area is 352 Å². The Morgan fingerprint density at radius 3 is 1.79 bits per heavy atom. The molecule has 3 rings (SSSR count). The van der Waals surface area contributed by atoms with Crippen LogP contribution in [0.15, 0.2) is 18.2 Å². The van der Waals surface area contributed by atoms with Crippen LogP contribution < -0.4 is 10.8 Å². The van der Waals surface area contributed by atoms with E-state index < -0.39 is 43.3 Å². The van der Waals surface area contributed by atoms with Gasteiger partial charge in [-0.1, -0.05) is 88.1 Å². The third-order valence-corrected chi connectivity index (χ3v) is 28.0. The lowest BCUT2D eigenvalue weighted by atomic mass is 9.79. The number of nitro benzene ring substituents is 1. The number of likely N-dealkylation sites (tertiary alicyclic amines) is 1. The van der Waals surface area contributed by atoms with E-state index in [0.717, 1.165) is 38.8 Å². The highest BCUT2D eigenvalue weighted by Gasteiger charge is 2.53. The third kappa shape index (κ3) is 12.3. The fraction of sp³-hybridized carbons (Fsp3) is 0.860. The lowest BCUT2D eigenvalue weighted by molar-refractivity contribution is -0.383. The van der Waals surface area contributed by atoms with Crippen molar-refractivity contribution in [3.63, 3.8) is 0 Å². The quantitative estimate of drug-likeness (QED) is 0.0710. The number of nitrogens with zero attached hydrogens (tertiary/aromatic N) is 2. The third-order valence-electron chi connectivity index (χ3n) is 14.6. The molecule has 4 atom stereocenters. The lowest BCUT2D eigenvalue weighted by Crippen LogP contribution is -2.66. The Bertz CT molecular complexity index is 1490. The highest BCUT2D eigenvalue weighted by molar-refractivity contribution is 6.75. The molecule has 0 saturated carbocycles. The topological polar surface area (TPSA) is 105 Å². The van der Waals surface area contributed by atoms with Crippen LogP contribution in [0.3, 0.4) is 0 Å². The zero-order valence-corrected chi connectivity index (χ0v) is 43.0. The van der Waals surface area contributed by atoms with Crippen LogP contribution in [0.4, 0.5) is 11.4 Å². The van der Waals surface area contributed by atoms with Gasteiger partial charge in [-0.15, -0.1) is 0 Å². The van der Waals surface area contributed by atoms with Crippen molar-refractivity contribution in [2.75, 3.05) is 31.6 Å². The average Bonchev–Trinajstić information content (AvgIpc) is 3.26. The number of rotatable bonds is 17. The summed E-state index contributed by atoms with van der Waals surface area (Å²) >= 11 is 0. The van der Waals surface area contributed by atoms with Crippen LogP contribution in [-0.2, 0) is 22.6 Å². The number of anilines is 1. The second kappa shape index (κ2) is 18.1. The molecule has 14 heteroatoms. The van der Waals surface area contributed by atoms with Crippen molar-refractivity contribution in [2.24, 2.45) is 5.92 Å². The molecule has 1 aromatic rings. The van der Waals surface area contributed by atoms with Gasteiger partial charge in [0, 0.05) is 19.2 Å². The van der Waals surface area contributed by atoms with Gasteiger partial charge in [0.2, 0.25) is 0 Å². The van der Waals surface area contributed by atoms with E-state index in [0.29, 0.717) is 30.2 Å². The van der Waals surface area contributed by atoms with E-state index in [2.05, 4.69) is 119 Å². The van der Waals surface area contributed by atoms with Crippen molar-refractivity contribution in [3.8, 4) is 0 Å². The minimum absolute atomic E-state index is 0.00499. The summed E-state index contributed by atoms with van der Waals surface area (Å²) in [6, 6.07) is 5.33. The minimum atomic E-state index is -2.18. The number of benzene rings is 1. The van der Waals surface area contributed by atoms with E-state index in [4.69, 9.17) is 22.6 Å². The Morgan fingerprint density at radius 2 is 1.30 bits per heavy atom. The fourth-order valence-corrected chi connectivity index (χ4v) is 10.4. The first-order valence-corrected chi connectivity index (χ1v) is 30.5. The number of hydrogen-bond donors (Lipinski definition) is 1. The van der Waals surface area contributed by atoms with E-state index in [1.165, 1.54) is 0 Å². The first kappa shape index (κ1) is 50.3. The van der Waals surface area contributed by atoms with Gasteiger partial charge in [0.25, 0.3) is 5.69 Å². The molecule has 0 radical (unpaired) electrons. The summed E-state index contributed by atoms with van der Waals surface area (Å²) in [5, 5.41) is 15.7. The predicted molar refractivity (Wildman–Crippen MR) is 248 cm³/mol. The Morgan fingerprint density at radius 1 is 0.807 bits per heavy atom. The van der Waals surface area contributed by atoms with Crippen LogP contribution in [0.5, 0.6) is 0 Å². The van der Waals surface area contributed by atoms with Gasteiger partial charge in [-0.3, -0.25) is 15.0 Å². The smallest absolute Gasteiger partial charge is 0.415 e. The standard InChI is InChI=1S/C43H84BN3O7Si3/c1-32-30-46(28-24-22-21-23-27-45-34-26-25-33(29-35(34)47(48)49)44-53-42(11,12)43(13,14)54-44)36(31-50-55(15,16)39(2,3)4)38(52-57(19,20)41(8,9)10)37(32)51-56(17,18)40(5,6)7/h25-26,29,32,36-38,45H,21-24,27-28,30-31H2,1-20H3/t32-,36+,37+,38+/m0/s1. The van der Waals surface area contributed by atoms with Crippen LogP contribution in [0.2, 0.25) is 54.4 Å². The zero-order valence-electron chi connectivity index (χ0n) is 40.0. The summed E-state index contributed by atoms with van der Waals surface area (Å²) in [5.41, 5.74) is 0.181. The van der Waals surface area contributed by atoms with Gasteiger partial charge in [-0.25, -0.2) is 0 Å². The molecule has 0 amide bonds. The molecule has 1 aromatic carbocycles. The van der Waals surface area contributed by atoms with E-state index in [1.807, 2.05) is 33.8 Å². The lowest BCUT2D eigenvalue weighted by Gasteiger charge is -2.54. The molecule has 2 aliphatic rings. The van der Waals surface area contributed by atoms with Crippen molar-refractivity contribution < 1.29 is 27.5 Å². The number of piperidine rings is 1. The van der Waals surface area contributed by atoms with E-state index in [1.54, 1.807) is 12.1 Å². The van der Waals surface area contributed by atoms with Crippen LogP contribution in [0.25, 0.3) is 0 Å². The summed E-state index contributed by atoms with van der Waals surface area (Å²) in [4.78, 5) is 14.5. The highest BCUT2D eigenvalue weighted by Crippen LogP contribution is 2.45. The molecule has 2 aliphatic heterocycles. The molecule has 328 valence electrons. The zero-order chi connectivity index (χ0) is 43.8. The van der Waals surface area contributed by atoms with Crippen LogP contribution in [0, 0.1) is 16.0 Å². The molecule has 57 heavy (non-hydrogen) atoms. The minimum Gasteiger partial charge on any atom is -0.415 e. The van der Waals surface area contributed by atoms with Crippen molar-refractivity contribution in [3.05, 3.63) is 28.3 Å². The summed E-state index contributed by atoms with van der Waals surface area (Å²) < 4.78 is 34.3. The molecule has 0 aliphatic carbocycles. The molecule has 2 fully saturated rings. The molecule has 0 unspecified atom stereocenters. The van der Waals surface area contributed by atoms with Crippen molar-refractivity contribution in [1.29, 1.82) is 0 Å². The summed E-state index contributed by atoms with van der Waals surface area (Å²) in [6.45, 7) is 48.7. The van der Waals surface area contributed by atoms with E-state index >= 15 is 0 Å². The molecule has 0 bridgehead atoms. The number of nitrogens with one attached hydrogen (secondary N) is 1. The molecule has 2 heterocycles. The summed E-state index contributed by atoms with van der Waals surface area (Å²) in [7, 11) is -6.97. The number of hydrogen-bond acceptors (Lipinski definition) is 9. The molecule has 10 nitrogen and oxygen atoms in total. The van der Waals surface area contributed by atoms with Crippen LogP contribution >= 0.6 is 0 Å². The normalized spacial score (nSPS) is 23.9. The maximum atomic E-state index is 12.1. The van der Waals surface area contributed by atoms with E-state index in [9.17, 15) is 10.1 Å². The second-order valence-corrected chi connectivity index (χ2v) is 37.1. The predicted octanol–water partition coefficient (Wildman–Crippen LogP) is 11.0. The van der Waals surface area contributed by atoms with Crippen molar-refractivity contribution in [2.45, 2.75) is 206 Å².